The minimum atomic E-state index is -0.431. The van der Waals surface area contributed by atoms with Gasteiger partial charge in [-0.15, -0.1) is 0 Å². The van der Waals surface area contributed by atoms with Crippen LogP contribution >= 0.6 is 0 Å². The number of amides is 3. The van der Waals surface area contributed by atoms with Gasteiger partial charge in [0.15, 0.2) is 0 Å². The molecule has 1 saturated heterocycles. The summed E-state index contributed by atoms with van der Waals surface area (Å²) >= 11 is 0. The summed E-state index contributed by atoms with van der Waals surface area (Å²) in [5.74, 6) is -0.0868. The van der Waals surface area contributed by atoms with Crippen LogP contribution in [0.1, 0.15) is 30.9 Å². The number of carbonyl (C=O) groups excluding carboxylic acids is 2. The molecule has 2 aromatic rings. The van der Waals surface area contributed by atoms with Crippen LogP contribution in [-0.2, 0) is 17.8 Å². The van der Waals surface area contributed by atoms with E-state index in [2.05, 4.69) is 22.8 Å². The van der Waals surface area contributed by atoms with E-state index in [1.807, 2.05) is 55.5 Å². The lowest BCUT2D eigenvalue weighted by Gasteiger charge is -2.26. The maximum atomic E-state index is 12.8. The van der Waals surface area contributed by atoms with Crippen LogP contribution in [0.3, 0.4) is 0 Å². The highest BCUT2D eigenvalue weighted by atomic mass is 16.2. The molecule has 2 N–H and O–H groups in total. The van der Waals surface area contributed by atoms with E-state index in [1.54, 1.807) is 4.90 Å². The molecule has 0 spiro atoms. The molecule has 3 amide bonds. The second kappa shape index (κ2) is 9.21. The van der Waals surface area contributed by atoms with Crippen molar-refractivity contribution in [1.82, 2.24) is 15.5 Å². The van der Waals surface area contributed by atoms with Crippen LogP contribution < -0.4 is 10.6 Å². The Morgan fingerprint density at radius 3 is 2.37 bits per heavy atom. The van der Waals surface area contributed by atoms with E-state index < -0.39 is 6.04 Å². The lowest BCUT2D eigenvalue weighted by molar-refractivity contribution is -0.125. The van der Waals surface area contributed by atoms with Gasteiger partial charge >= 0.3 is 6.03 Å². The molecule has 5 nitrogen and oxygen atoms in total. The summed E-state index contributed by atoms with van der Waals surface area (Å²) in [6.07, 6.45) is 2.27. The quantitative estimate of drug-likeness (QED) is 0.755. The highest BCUT2D eigenvalue weighted by molar-refractivity contribution is 5.88. The third-order valence-electron chi connectivity index (χ3n) is 4.88. The van der Waals surface area contributed by atoms with Gasteiger partial charge in [0.25, 0.3) is 0 Å². The molecule has 1 aliphatic heterocycles. The van der Waals surface area contributed by atoms with Gasteiger partial charge in [0, 0.05) is 13.1 Å². The Bertz CT molecular complexity index is 749. The minimum absolute atomic E-state index is 0.0289. The van der Waals surface area contributed by atoms with Crippen molar-refractivity contribution in [1.29, 1.82) is 0 Å². The summed E-state index contributed by atoms with van der Waals surface area (Å²) in [5.41, 5.74) is 2.24. The zero-order chi connectivity index (χ0) is 19.1. The van der Waals surface area contributed by atoms with Crippen molar-refractivity contribution in [3.63, 3.8) is 0 Å². The zero-order valence-corrected chi connectivity index (χ0v) is 15.7. The Balaban J connectivity index is 1.61. The molecule has 0 bridgehead atoms. The molecule has 1 aliphatic rings. The third-order valence-corrected chi connectivity index (χ3v) is 4.88. The number of rotatable bonds is 8. The first-order valence-corrected chi connectivity index (χ1v) is 9.60. The van der Waals surface area contributed by atoms with Crippen LogP contribution in [0.25, 0.3) is 0 Å². The van der Waals surface area contributed by atoms with Gasteiger partial charge in [-0.25, -0.2) is 4.79 Å². The van der Waals surface area contributed by atoms with Gasteiger partial charge in [0.2, 0.25) is 5.91 Å². The standard InChI is InChI=1S/C22H27N3O2/c1-2-9-20(21(26)23-15-18-12-7-4-8-13-18)25-16-19(24-22(25)27)14-17-10-5-3-6-11-17/h3-8,10-13,19-20H,2,9,14-16H2,1H3,(H,23,26)(H,24,27). The van der Waals surface area contributed by atoms with Crippen LogP contribution in [-0.4, -0.2) is 35.5 Å². The number of hydrogen-bond acceptors (Lipinski definition) is 2. The van der Waals surface area contributed by atoms with Gasteiger partial charge in [0.1, 0.15) is 6.04 Å². The summed E-state index contributed by atoms with van der Waals surface area (Å²) in [5, 5.41) is 6.01. The van der Waals surface area contributed by atoms with Crippen LogP contribution in [0.15, 0.2) is 60.7 Å². The van der Waals surface area contributed by atoms with E-state index in [9.17, 15) is 9.59 Å². The Kier molecular flexibility index (Phi) is 6.47. The topological polar surface area (TPSA) is 61.4 Å². The number of nitrogens with one attached hydrogen (secondary N) is 2. The number of benzene rings is 2. The lowest BCUT2D eigenvalue weighted by atomic mass is 10.1. The predicted octanol–water partition coefficient (Wildman–Crippen LogP) is 3.11. The molecule has 1 fully saturated rings. The molecule has 2 aromatic carbocycles. The first-order valence-electron chi connectivity index (χ1n) is 9.60. The van der Waals surface area contributed by atoms with Crippen molar-refractivity contribution in [2.45, 2.75) is 44.8 Å². The maximum Gasteiger partial charge on any atom is 0.318 e. The summed E-state index contributed by atoms with van der Waals surface area (Å²) < 4.78 is 0. The number of hydrogen-bond donors (Lipinski definition) is 2. The van der Waals surface area contributed by atoms with Crippen LogP contribution in [0.2, 0.25) is 0 Å². The van der Waals surface area contributed by atoms with Gasteiger partial charge in [0.05, 0.1) is 6.04 Å². The van der Waals surface area contributed by atoms with Gasteiger partial charge in [-0.3, -0.25) is 4.79 Å². The summed E-state index contributed by atoms with van der Waals surface area (Å²) in [4.78, 5) is 27.0. The molecule has 27 heavy (non-hydrogen) atoms. The number of nitrogens with zero attached hydrogens (tertiary/aromatic N) is 1. The van der Waals surface area contributed by atoms with Crippen molar-refractivity contribution in [2.75, 3.05) is 6.54 Å². The number of urea groups is 1. The minimum Gasteiger partial charge on any atom is -0.350 e. The van der Waals surface area contributed by atoms with Gasteiger partial charge in [-0.05, 0) is 24.0 Å². The summed E-state index contributed by atoms with van der Waals surface area (Å²) in [6.45, 7) is 3.06. The first kappa shape index (κ1) is 19.0. The second-order valence-corrected chi connectivity index (χ2v) is 7.00. The average Bonchev–Trinajstić information content (AvgIpc) is 3.05. The van der Waals surface area contributed by atoms with E-state index >= 15 is 0 Å². The normalized spacial score (nSPS) is 17.4. The van der Waals surface area contributed by atoms with Crippen LogP contribution in [0, 0.1) is 0 Å². The fourth-order valence-electron chi connectivity index (χ4n) is 3.51. The van der Waals surface area contributed by atoms with Crippen molar-refractivity contribution in [2.24, 2.45) is 0 Å². The highest BCUT2D eigenvalue weighted by Gasteiger charge is 2.36. The van der Waals surface area contributed by atoms with Gasteiger partial charge in [-0.2, -0.15) is 0 Å². The first-order chi connectivity index (χ1) is 13.2. The van der Waals surface area contributed by atoms with Crippen LogP contribution in [0.5, 0.6) is 0 Å². The average molecular weight is 365 g/mol. The zero-order valence-electron chi connectivity index (χ0n) is 15.7. The predicted molar refractivity (Wildman–Crippen MR) is 106 cm³/mol. The fourth-order valence-corrected chi connectivity index (χ4v) is 3.51. The summed E-state index contributed by atoms with van der Waals surface area (Å²) in [7, 11) is 0. The molecule has 0 aliphatic carbocycles. The van der Waals surface area contributed by atoms with Crippen LogP contribution in [0.4, 0.5) is 4.79 Å². The molecular weight excluding hydrogens is 338 g/mol. The largest absolute Gasteiger partial charge is 0.350 e. The molecule has 2 atom stereocenters. The SMILES string of the molecule is CCCC(C(=O)NCc1ccccc1)N1CC(Cc2ccccc2)NC1=O. The van der Waals surface area contributed by atoms with Crippen molar-refractivity contribution < 1.29 is 9.59 Å². The molecular formula is C22H27N3O2. The smallest absolute Gasteiger partial charge is 0.318 e. The Morgan fingerprint density at radius 1 is 1.11 bits per heavy atom. The van der Waals surface area contributed by atoms with Crippen molar-refractivity contribution >= 4 is 11.9 Å². The van der Waals surface area contributed by atoms with E-state index in [0.29, 0.717) is 19.5 Å². The molecule has 5 heteroatoms. The second-order valence-electron chi connectivity index (χ2n) is 7.00. The maximum absolute atomic E-state index is 12.8. The highest BCUT2D eigenvalue weighted by Crippen LogP contribution is 2.17. The molecule has 142 valence electrons. The van der Waals surface area contributed by atoms with E-state index in [4.69, 9.17) is 0 Å². The molecule has 0 radical (unpaired) electrons. The molecule has 0 aromatic heterocycles. The van der Waals surface area contributed by atoms with E-state index in [1.165, 1.54) is 5.56 Å². The molecule has 1 heterocycles. The number of carbonyl (C=O) groups is 2. The third kappa shape index (κ3) is 5.09. The molecule has 0 saturated carbocycles. The van der Waals surface area contributed by atoms with E-state index in [-0.39, 0.29) is 18.0 Å². The lowest BCUT2D eigenvalue weighted by Crippen LogP contribution is -2.48. The molecule has 2 unspecified atom stereocenters. The monoisotopic (exact) mass is 365 g/mol. The van der Waals surface area contributed by atoms with Gasteiger partial charge < -0.3 is 15.5 Å². The van der Waals surface area contributed by atoms with Crippen molar-refractivity contribution in [3.05, 3.63) is 71.8 Å². The fraction of sp³-hybridized carbons (Fsp3) is 0.364. The Hall–Kier alpha value is -2.82. The van der Waals surface area contributed by atoms with E-state index in [0.717, 1.165) is 18.4 Å². The molecule has 3 rings (SSSR count). The van der Waals surface area contributed by atoms with Crippen molar-refractivity contribution in [3.8, 4) is 0 Å². The Morgan fingerprint density at radius 2 is 1.74 bits per heavy atom. The summed E-state index contributed by atoms with van der Waals surface area (Å²) in [6, 6.07) is 19.4. The Labute approximate surface area is 160 Å². The van der Waals surface area contributed by atoms with Gasteiger partial charge in [-0.1, -0.05) is 74.0 Å².